The highest BCUT2D eigenvalue weighted by Gasteiger charge is 2.17. The second kappa shape index (κ2) is 7.33. The van der Waals surface area contributed by atoms with Gasteiger partial charge in [-0.1, -0.05) is 35.0 Å². The van der Waals surface area contributed by atoms with Crippen molar-refractivity contribution in [2.45, 2.75) is 30.4 Å². The Labute approximate surface area is 109 Å². The fourth-order valence-corrected chi connectivity index (χ4v) is 2.64. The van der Waals surface area contributed by atoms with Crippen molar-refractivity contribution >= 4 is 27.7 Å². The first kappa shape index (κ1) is 14.0. The maximum atomic E-state index is 9.93. The minimum Gasteiger partial charge on any atom is -0.390 e. The Bertz CT molecular complexity index is 320. The van der Waals surface area contributed by atoms with Crippen LogP contribution in [-0.2, 0) is 0 Å². The number of hydrogen-bond donors (Lipinski definition) is 2. The van der Waals surface area contributed by atoms with Crippen LogP contribution in [0.15, 0.2) is 29.2 Å². The molecule has 1 aromatic rings. The number of halogens is 1. The van der Waals surface area contributed by atoms with Gasteiger partial charge in [-0.15, -0.1) is 11.8 Å². The van der Waals surface area contributed by atoms with Crippen molar-refractivity contribution < 1.29 is 10.2 Å². The number of thioether (sulfide) groups is 1. The monoisotopic (exact) mass is 304 g/mol. The summed E-state index contributed by atoms with van der Waals surface area (Å²) in [7, 11) is 0. The summed E-state index contributed by atoms with van der Waals surface area (Å²) in [4.78, 5) is 1.13. The van der Waals surface area contributed by atoms with E-state index in [0.717, 1.165) is 16.2 Å². The van der Waals surface area contributed by atoms with Gasteiger partial charge < -0.3 is 10.2 Å². The lowest BCUT2D eigenvalue weighted by molar-refractivity contribution is 0.0172. The summed E-state index contributed by atoms with van der Waals surface area (Å²) in [5.41, 5.74) is 0.784. The van der Waals surface area contributed by atoms with Crippen molar-refractivity contribution in [3.8, 4) is 0 Å². The van der Waals surface area contributed by atoms with Gasteiger partial charge in [0.2, 0.25) is 0 Å². The number of aliphatic hydroxyl groups excluding tert-OH is 2. The molecule has 0 aromatic heterocycles. The summed E-state index contributed by atoms with van der Waals surface area (Å²) in [6.45, 7) is 2.09. The van der Waals surface area contributed by atoms with Gasteiger partial charge >= 0.3 is 0 Å². The zero-order chi connectivity index (χ0) is 12.0. The Hall–Kier alpha value is -0.0300. The molecule has 1 aromatic carbocycles. The van der Waals surface area contributed by atoms with Gasteiger partial charge in [0.15, 0.2) is 0 Å². The van der Waals surface area contributed by atoms with Crippen LogP contribution in [0.25, 0.3) is 0 Å². The average Bonchev–Trinajstić information content (AvgIpc) is 2.29. The smallest absolute Gasteiger partial charge is 0.105 e. The van der Waals surface area contributed by atoms with Crippen LogP contribution in [0.3, 0.4) is 0 Å². The summed E-state index contributed by atoms with van der Waals surface area (Å²) in [6.07, 6.45) is -0.956. The van der Waals surface area contributed by atoms with Gasteiger partial charge in [0, 0.05) is 10.2 Å². The number of benzene rings is 1. The van der Waals surface area contributed by atoms with Crippen molar-refractivity contribution in [2.24, 2.45) is 0 Å². The zero-order valence-electron chi connectivity index (χ0n) is 9.27. The number of hydrogen-bond acceptors (Lipinski definition) is 3. The van der Waals surface area contributed by atoms with Crippen LogP contribution in [0, 0.1) is 0 Å². The highest BCUT2D eigenvalue weighted by Crippen LogP contribution is 2.25. The van der Waals surface area contributed by atoms with E-state index in [0.29, 0.717) is 11.8 Å². The van der Waals surface area contributed by atoms with Gasteiger partial charge in [-0.2, -0.15) is 0 Å². The minimum atomic E-state index is -0.796. The molecule has 0 fully saturated rings. The molecular weight excluding hydrogens is 288 g/mol. The van der Waals surface area contributed by atoms with Crippen molar-refractivity contribution in [2.75, 3.05) is 11.1 Å². The van der Waals surface area contributed by atoms with Crippen molar-refractivity contribution in [3.05, 3.63) is 29.8 Å². The molecular formula is C12H17BrO2S. The zero-order valence-corrected chi connectivity index (χ0v) is 11.7. The molecule has 4 heteroatoms. The molecule has 0 aliphatic rings. The molecule has 0 heterocycles. The van der Waals surface area contributed by atoms with Gasteiger partial charge in [-0.3, -0.25) is 0 Å². The Kier molecular flexibility index (Phi) is 6.43. The number of rotatable bonds is 6. The number of alkyl halides is 1. The quantitative estimate of drug-likeness (QED) is 0.627. The van der Waals surface area contributed by atoms with Crippen LogP contribution in [-0.4, -0.2) is 27.4 Å². The largest absolute Gasteiger partial charge is 0.390 e. The third kappa shape index (κ3) is 4.09. The number of aliphatic hydroxyl groups is 2. The fourth-order valence-electron chi connectivity index (χ4n) is 1.45. The average molecular weight is 305 g/mol. The summed E-state index contributed by atoms with van der Waals surface area (Å²) in [6, 6.07) is 7.72. The minimum absolute atomic E-state index is 0.548. The molecule has 0 spiro atoms. The first-order chi connectivity index (χ1) is 7.69. The van der Waals surface area contributed by atoms with E-state index in [1.54, 1.807) is 11.8 Å². The van der Waals surface area contributed by atoms with Crippen LogP contribution in [0.5, 0.6) is 0 Å². The van der Waals surface area contributed by atoms with Crippen molar-refractivity contribution in [3.63, 3.8) is 0 Å². The Morgan fingerprint density at radius 2 is 2.12 bits per heavy atom. The second-order valence-corrected chi connectivity index (χ2v) is 5.63. The summed E-state index contributed by atoms with van der Waals surface area (Å²) >= 11 is 4.98. The van der Waals surface area contributed by atoms with Gasteiger partial charge in [0.25, 0.3) is 0 Å². The molecule has 0 bridgehead atoms. The molecule has 2 atom stereocenters. The molecule has 0 saturated carbocycles. The van der Waals surface area contributed by atoms with E-state index in [9.17, 15) is 10.2 Å². The topological polar surface area (TPSA) is 40.5 Å². The summed E-state index contributed by atoms with van der Waals surface area (Å²) in [5, 5.41) is 20.3. The van der Waals surface area contributed by atoms with E-state index in [-0.39, 0.29) is 0 Å². The van der Waals surface area contributed by atoms with Gasteiger partial charge in [0.1, 0.15) is 6.10 Å². The van der Waals surface area contributed by atoms with E-state index in [4.69, 9.17) is 0 Å². The Balaban J connectivity index is 2.74. The molecule has 1 rings (SSSR count). The van der Waals surface area contributed by atoms with E-state index in [2.05, 4.69) is 22.9 Å². The second-order valence-electron chi connectivity index (χ2n) is 3.50. The molecule has 0 aliphatic heterocycles. The van der Waals surface area contributed by atoms with Crippen molar-refractivity contribution in [1.82, 2.24) is 0 Å². The lowest BCUT2D eigenvalue weighted by Crippen LogP contribution is -2.18. The SMILES string of the molecule is CCSc1cccc(C(O)C(O)CCBr)c1. The molecule has 2 nitrogen and oxygen atoms in total. The first-order valence-electron chi connectivity index (χ1n) is 5.34. The highest BCUT2D eigenvalue weighted by atomic mass is 79.9. The molecule has 0 saturated heterocycles. The van der Waals surface area contributed by atoms with Crippen LogP contribution in [0.4, 0.5) is 0 Å². The molecule has 90 valence electrons. The van der Waals surface area contributed by atoms with Gasteiger partial charge in [-0.05, 0) is 29.9 Å². The molecule has 16 heavy (non-hydrogen) atoms. The van der Waals surface area contributed by atoms with Crippen LogP contribution in [0.1, 0.15) is 25.0 Å². The highest BCUT2D eigenvalue weighted by molar-refractivity contribution is 9.09. The third-order valence-electron chi connectivity index (χ3n) is 2.28. The maximum absolute atomic E-state index is 9.93. The predicted molar refractivity (Wildman–Crippen MR) is 72.2 cm³/mol. The Morgan fingerprint density at radius 1 is 1.38 bits per heavy atom. The predicted octanol–water partition coefficient (Wildman–Crippen LogP) is 2.98. The Morgan fingerprint density at radius 3 is 2.75 bits per heavy atom. The van der Waals surface area contributed by atoms with E-state index in [1.165, 1.54) is 0 Å². The third-order valence-corrected chi connectivity index (χ3v) is 3.61. The molecule has 0 radical (unpaired) electrons. The normalized spacial score (nSPS) is 14.8. The summed E-state index contributed by atoms with van der Waals surface area (Å²) < 4.78 is 0. The van der Waals surface area contributed by atoms with Crippen LogP contribution in [0.2, 0.25) is 0 Å². The fraction of sp³-hybridized carbons (Fsp3) is 0.500. The molecule has 2 unspecified atom stereocenters. The van der Waals surface area contributed by atoms with Crippen molar-refractivity contribution in [1.29, 1.82) is 0 Å². The van der Waals surface area contributed by atoms with Gasteiger partial charge in [0.05, 0.1) is 6.10 Å². The molecule has 0 amide bonds. The maximum Gasteiger partial charge on any atom is 0.105 e. The molecule has 2 N–H and O–H groups in total. The molecule has 0 aliphatic carbocycles. The van der Waals surface area contributed by atoms with E-state index < -0.39 is 12.2 Å². The standard InChI is InChI=1S/C12H17BrO2S/c1-2-16-10-5-3-4-9(8-10)12(15)11(14)6-7-13/h3-5,8,11-12,14-15H,2,6-7H2,1H3. The van der Waals surface area contributed by atoms with Crippen LogP contribution >= 0.6 is 27.7 Å². The van der Waals surface area contributed by atoms with E-state index in [1.807, 2.05) is 24.3 Å². The lowest BCUT2D eigenvalue weighted by Gasteiger charge is -2.17. The first-order valence-corrected chi connectivity index (χ1v) is 7.44. The summed E-state index contributed by atoms with van der Waals surface area (Å²) in [5.74, 6) is 1.00. The van der Waals surface area contributed by atoms with Crippen LogP contribution < -0.4 is 0 Å². The lowest BCUT2D eigenvalue weighted by atomic mass is 10.0. The van der Waals surface area contributed by atoms with Gasteiger partial charge in [-0.25, -0.2) is 0 Å². The van der Waals surface area contributed by atoms with E-state index >= 15 is 0 Å².